The first-order valence-electron chi connectivity index (χ1n) is 7.39. The fourth-order valence-corrected chi connectivity index (χ4v) is 3.41. The molecule has 0 fully saturated rings. The van der Waals surface area contributed by atoms with Crippen molar-refractivity contribution in [2.75, 3.05) is 20.6 Å². The Morgan fingerprint density at radius 1 is 1.09 bits per heavy atom. The van der Waals surface area contributed by atoms with Crippen LogP contribution in [0, 0.1) is 5.92 Å². The van der Waals surface area contributed by atoms with Crippen molar-refractivity contribution >= 4 is 23.2 Å². The second-order valence-electron chi connectivity index (χ2n) is 6.04. The molecule has 0 saturated carbocycles. The zero-order valence-electron chi connectivity index (χ0n) is 12.7. The number of nitrogens with zero attached hydrogens (tertiary/aromatic N) is 1. The number of hydrogen-bond donors (Lipinski definition) is 0. The topological polar surface area (TPSA) is 12.5 Å². The molecule has 1 aliphatic rings. The average Bonchev–Trinajstić information content (AvgIpc) is 2.80. The highest BCUT2D eigenvalue weighted by molar-refractivity contribution is 6.42. The van der Waals surface area contributed by atoms with E-state index in [1.165, 1.54) is 11.1 Å². The van der Waals surface area contributed by atoms with Crippen molar-refractivity contribution < 1.29 is 4.74 Å². The number of halogens is 2. The highest BCUT2D eigenvalue weighted by atomic mass is 35.5. The van der Waals surface area contributed by atoms with Gasteiger partial charge >= 0.3 is 0 Å². The minimum Gasteiger partial charge on any atom is -0.485 e. The highest BCUT2D eigenvalue weighted by Crippen LogP contribution is 2.40. The fourth-order valence-electron chi connectivity index (χ4n) is 3.13. The van der Waals surface area contributed by atoms with E-state index in [1.807, 2.05) is 6.07 Å². The number of benzene rings is 2. The molecular weight excluding hydrogens is 317 g/mol. The Hall–Kier alpha value is -1.22. The van der Waals surface area contributed by atoms with Crippen LogP contribution in [0.5, 0.6) is 5.75 Å². The third kappa shape index (κ3) is 3.24. The van der Waals surface area contributed by atoms with E-state index in [4.69, 9.17) is 27.9 Å². The molecule has 0 N–H and O–H groups in total. The predicted octanol–water partition coefficient (Wildman–Crippen LogP) is 4.85. The third-order valence-corrected chi connectivity index (χ3v) is 4.76. The van der Waals surface area contributed by atoms with E-state index in [0.717, 1.165) is 18.7 Å². The van der Waals surface area contributed by atoms with Gasteiger partial charge in [0.25, 0.3) is 0 Å². The van der Waals surface area contributed by atoms with Crippen LogP contribution in [0.4, 0.5) is 0 Å². The summed E-state index contributed by atoms with van der Waals surface area (Å²) in [5, 5.41) is 1.07. The van der Waals surface area contributed by atoms with Crippen molar-refractivity contribution in [3.8, 4) is 5.75 Å². The van der Waals surface area contributed by atoms with Gasteiger partial charge in [0.1, 0.15) is 11.9 Å². The van der Waals surface area contributed by atoms with Gasteiger partial charge in [-0.25, -0.2) is 0 Å². The Kier molecular flexibility index (Phi) is 4.62. The summed E-state index contributed by atoms with van der Waals surface area (Å²) in [6, 6.07) is 14.0. The van der Waals surface area contributed by atoms with Crippen LogP contribution in [0.25, 0.3) is 0 Å². The Morgan fingerprint density at radius 3 is 2.59 bits per heavy atom. The van der Waals surface area contributed by atoms with Gasteiger partial charge in [0, 0.05) is 18.5 Å². The van der Waals surface area contributed by atoms with Crippen molar-refractivity contribution in [1.29, 1.82) is 0 Å². The van der Waals surface area contributed by atoms with Gasteiger partial charge in [-0.15, -0.1) is 0 Å². The third-order valence-electron chi connectivity index (χ3n) is 4.03. The number of ether oxygens (including phenoxy) is 1. The van der Waals surface area contributed by atoms with E-state index in [9.17, 15) is 0 Å². The van der Waals surface area contributed by atoms with E-state index >= 15 is 0 Å². The number of rotatable bonds is 4. The molecule has 0 amide bonds. The lowest BCUT2D eigenvalue weighted by Gasteiger charge is -2.25. The highest BCUT2D eigenvalue weighted by Gasteiger charge is 2.34. The molecule has 2 aromatic carbocycles. The summed E-state index contributed by atoms with van der Waals surface area (Å²) >= 11 is 12.1. The van der Waals surface area contributed by atoms with Gasteiger partial charge < -0.3 is 9.64 Å². The number of fused-ring (bicyclic) bond motifs is 1. The Labute approximate surface area is 141 Å². The largest absolute Gasteiger partial charge is 0.485 e. The molecule has 0 spiro atoms. The maximum atomic E-state index is 6.28. The quantitative estimate of drug-likeness (QED) is 0.792. The van der Waals surface area contributed by atoms with Crippen molar-refractivity contribution in [3.63, 3.8) is 0 Å². The van der Waals surface area contributed by atoms with Crippen LogP contribution < -0.4 is 4.74 Å². The molecule has 2 aromatic rings. The summed E-state index contributed by atoms with van der Waals surface area (Å²) < 4.78 is 6.28. The molecule has 0 bridgehead atoms. The second-order valence-corrected chi connectivity index (χ2v) is 6.85. The van der Waals surface area contributed by atoms with Crippen LogP contribution in [0.2, 0.25) is 10.0 Å². The van der Waals surface area contributed by atoms with Gasteiger partial charge in [-0.2, -0.15) is 0 Å². The zero-order chi connectivity index (χ0) is 15.7. The molecule has 0 saturated heterocycles. The molecule has 22 heavy (non-hydrogen) atoms. The first-order valence-corrected chi connectivity index (χ1v) is 8.14. The fraction of sp³-hybridized carbons (Fsp3) is 0.333. The van der Waals surface area contributed by atoms with Gasteiger partial charge in [-0.1, -0.05) is 47.5 Å². The lowest BCUT2D eigenvalue weighted by atomic mass is 10.0. The molecule has 0 radical (unpaired) electrons. The van der Waals surface area contributed by atoms with Crippen molar-refractivity contribution in [2.24, 2.45) is 5.92 Å². The minimum atomic E-state index is 0.0517. The summed E-state index contributed by atoms with van der Waals surface area (Å²) in [4.78, 5) is 2.21. The van der Waals surface area contributed by atoms with Gasteiger partial charge in [0.05, 0.1) is 10.0 Å². The Bertz CT molecular complexity index is 672. The molecule has 4 heteroatoms. The first-order chi connectivity index (χ1) is 10.5. The second kappa shape index (κ2) is 6.49. The standard InChI is InChI=1S/C18H19Cl2NO/c1-21(2)11-13-9-12-5-3-4-6-15(12)18(13)22-14-7-8-16(19)17(20)10-14/h3-8,10,13,18H,9,11H2,1-2H3/t13-,18+/m1/s1. The summed E-state index contributed by atoms with van der Waals surface area (Å²) in [6.07, 6.45) is 1.09. The van der Waals surface area contributed by atoms with E-state index in [2.05, 4.69) is 43.3 Å². The zero-order valence-corrected chi connectivity index (χ0v) is 14.2. The molecule has 0 aliphatic heterocycles. The van der Waals surface area contributed by atoms with Crippen LogP contribution in [0.15, 0.2) is 42.5 Å². The van der Waals surface area contributed by atoms with Crippen LogP contribution in [0.3, 0.4) is 0 Å². The van der Waals surface area contributed by atoms with E-state index in [-0.39, 0.29) is 6.10 Å². The molecule has 2 nitrogen and oxygen atoms in total. The van der Waals surface area contributed by atoms with Gasteiger partial charge in [0.15, 0.2) is 0 Å². The van der Waals surface area contributed by atoms with Crippen LogP contribution >= 0.6 is 23.2 Å². The van der Waals surface area contributed by atoms with E-state index < -0.39 is 0 Å². The lowest BCUT2D eigenvalue weighted by Crippen LogP contribution is -2.27. The summed E-state index contributed by atoms with van der Waals surface area (Å²) in [6.45, 7) is 0.987. The normalized spacial score (nSPS) is 20.2. The molecule has 0 unspecified atom stereocenters. The minimum absolute atomic E-state index is 0.0517. The van der Waals surface area contributed by atoms with Crippen molar-refractivity contribution in [3.05, 3.63) is 63.6 Å². The van der Waals surface area contributed by atoms with Crippen LogP contribution in [-0.4, -0.2) is 25.5 Å². The maximum Gasteiger partial charge on any atom is 0.128 e. The van der Waals surface area contributed by atoms with Gasteiger partial charge in [-0.05, 0) is 43.8 Å². The van der Waals surface area contributed by atoms with Crippen molar-refractivity contribution in [2.45, 2.75) is 12.5 Å². The molecule has 0 aromatic heterocycles. The molecule has 2 atom stereocenters. The monoisotopic (exact) mass is 335 g/mol. The summed E-state index contributed by atoms with van der Waals surface area (Å²) in [5.41, 5.74) is 2.65. The Morgan fingerprint density at radius 2 is 1.86 bits per heavy atom. The maximum absolute atomic E-state index is 6.28. The summed E-state index contributed by atoms with van der Waals surface area (Å²) in [7, 11) is 4.19. The molecule has 1 aliphatic carbocycles. The number of hydrogen-bond acceptors (Lipinski definition) is 2. The van der Waals surface area contributed by atoms with Crippen LogP contribution in [0.1, 0.15) is 17.2 Å². The van der Waals surface area contributed by atoms with E-state index in [1.54, 1.807) is 12.1 Å². The van der Waals surface area contributed by atoms with Gasteiger partial charge in [-0.3, -0.25) is 0 Å². The predicted molar refractivity (Wildman–Crippen MR) is 92.0 cm³/mol. The smallest absolute Gasteiger partial charge is 0.128 e. The van der Waals surface area contributed by atoms with E-state index in [0.29, 0.717) is 16.0 Å². The molecular formula is C18H19Cl2NO. The summed E-state index contributed by atoms with van der Waals surface area (Å²) in [5.74, 6) is 1.20. The lowest BCUT2D eigenvalue weighted by molar-refractivity contribution is 0.128. The average molecular weight is 336 g/mol. The van der Waals surface area contributed by atoms with Gasteiger partial charge in [0.2, 0.25) is 0 Å². The SMILES string of the molecule is CN(C)C[C@H]1Cc2ccccc2[C@H]1Oc1ccc(Cl)c(Cl)c1. The Balaban J connectivity index is 1.88. The van der Waals surface area contributed by atoms with Crippen molar-refractivity contribution in [1.82, 2.24) is 4.90 Å². The molecule has 3 rings (SSSR count). The molecule has 0 heterocycles. The first kappa shape index (κ1) is 15.7. The molecule has 116 valence electrons. The van der Waals surface area contributed by atoms with Crippen LogP contribution in [-0.2, 0) is 6.42 Å².